The van der Waals surface area contributed by atoms with Crippen molar-refractivity contribution in [3.63, 3.8) is 0 Å². The third-order valence-corrected chi connectivity index (χ3v) is 9.12. The molecule has 9 nitrogen and oxygen atoms in total. The molecule has 1 saturated heterocycles. The molecule has 1 aliphatic heterocycles. The first-order valence-corrected chi connectivity index (χ1v) is 16.5. The van der Waals surface area contributed by atoms with Gasteiger partial charge in [0.15, 0.2) is 11.4 Å². The molecule has 0 N–H and O–H groups in total. The largest absolute Gasteiger partial charge is 0.453 e. The number of hydrogen-bond acceptors (Lipinski definition) is 7. The van der Waals surface area contributed by atoms with Crippen molar-refractivity contribution in [1.29, 1.82) is 0 Å². The third kappa shape index (κ3) is 6.68. The maximum Gasteiger partial charge on any atom is 0.410 e. The maximum absolute atomic E-state index is 14.6. The van der Waals surface area contributed by atoms with E-state index in [-0.39, 0.29) is 11.9 Å². The van der Waals surface area contributed by atoms with Gasteiger partial charge in [-0.15, -0.1) is 0 Å². The van der Waals surface area contributed by atoms with E-state index in [4.69, 9.17) is 15.7 Å². The molecule has 246 valence electrons. The lowest BCUT2D eigenvalue weighted by Gasteiger charge is -2.37. The lowest BCUT2D eigenvalue weighted by Crippen LogP contribution is -2.50. The summed E-state index contributed by atoms with van der Waals surface area (Å²) in [6.07, 6.45) is 5.82. The summed E-state index contributed by atoms with van der Waals surface area (Å²) in [5, 5.41) is 0. The number of furan rings is 1. The SMILES string of the molecule is [C-]#[N+]c1ccc(-c2cc3c(o2)C(=O)C(Cc2ccccc2-c2cncnc2)c2ccc(N4CCN(C(=O)OC(C)(C)C)CC4)cc2C3)cc1. The van der Waals surface area contributed by atoms with Crippen molar-refractivity contribution >= 4 is 23.3 Å². The molecule has 1 unspecified atom stereocenters. The van der Waals surface area contributed by atoms with Gasteiger partial charge in [0.1, 0.15) is 17.7 Å². The third-order valence-electron chi connectivity index (χ3n) is 9.12. The number of amides is 1. The predicted molar refractivity (Wildman–Crippen MR) is 188 cm³/mol. The van der Waals surface area contributed by atoms with Gasteiger partial charge in [-0.1, -0.05) is 54.6 Å². The normalized spacial score (nSPS) is 16.0. The number of ketones is 1. The topological polar surface area (TPSA) is 93.1 Å². The fourth-order valence-corrected chi connectivity index (χ4v) is 6.71. The van der Waals surface area contributed by atoms with E-state index in [1.54, 1.807) is 29.4 Å². The highest BCUT2D eigenvalue weighted by Gasteiger charge is 2.34. The zero-order valence-corrected chi connectivity index (χ0v) is 27.8. The minimum atomic E-state index is -0.540. The van der Waals surface area contributed by atoms with Crippen LogP contribution in [0.2, 0.25) is 0 Å². The number of carbonyl (C=O) groups excluding carboxylic acids is 2. The highest BCUT2D eigenvalue weighted by atomic mass is 16.6. The van der Waals surface area contributed by atoms with E-state index < -0.39 is 11.5 Å². The van der Waals surface area contributed by atoms with Gasteiger partial charge >= 0.3 is 6.09 Å². The molecule has 3 heterocycles. The van der Waals surface area contributed by atoms with Gasteiger partial charge in [-0.25, -0.2) is 19.6 Å². The minimum Gasteiger partial charge on any atom is -0.453 e. The molecule has 9 heteroatoms. The molecule has 1 fully saturated rings. The number of carbonyl (C=O) groups is 2. The number of ether oxygens (including phenoxy) is 1. The van der Waals surface area contributed by atoms with E-state index in [0.717, 1.165) is 44.6 Å². The smallest absolute Gasteiger partial charge is 0.410 e. The first kappa shape index (κ1) is 31.8. The summed E-state index contributed by atoms with van der Waals surface area (Å²) in [4.78, 5) is 43.3. The highest BCUT2D eigenvalue weighted by molar-refractivity contribution is 6.02. The van der Waals surface area contributed by atoms with Gasteiger partial charge in [0.05, 0.1) is 12.5 Å². The Morgan fingerprint density at radius 1 is 0.939 bits per heavy atom. The molecular formula is C40H37N5O4. The predicted octanol–water partition coefficient (Wildman–Crippen LogP) is 8.12. The maximum atomic E-state index is 14.6. The van der Waals surface area contributed by atoms with E-state index in [1.807, 2.05) is 57.2 Å². The Hall–Kier alpha value is -5.75. The van der Waals surface area contributed by atoms with Crippen LogP contribution >= 0.6 is 0 Å². The van der Waals surface area contributed by atoms with Crippen molar-refractivity contribution in [2.45, 2.75) is 45.1 Å². The Kier molecular flexibility index (Phi) is 8.47. The number of fused-ring (bicyclic) bond motifs is 2. The first-order valence-electron chi connectivity index (χ1n) is 16.5. The van der Waals surface area contributed by atoms with Gasteiger partial charge in [-0.2, -0.15) is 0 Å². The standard InChI is InChI=1S/C40H37N5O4/c1-40(2,3)49-39(47)45-17-15-44(16-18-45)32-13-14-34-28(20-32)19-29-22-36(26-9-11-31(41-4)12-10-26)48-38(29)37(46)35(34)21-27-7-5-6-8-33(27)30-23-42-25-43-24-30/h5-14,20,22-25,35H,15-19,21H2,1-3H3. The van der Waals surface area contributed by atoms with Crippen molar-refractivity contribution in [3.05, 3.63) is 131 Å². The van der Waals surface area contributed by atoms with E-state index in [2.05, 4.69) is 44.0 Å². The van der Waals surface area contributed by atoms with Gasteiger partial charge in [-0.05, 0) is 67.6 Å². The number of nitrogens with zero attached hydrogens (tertiary/aromatic N) is 5. The molecule has 1 aliphatic carbocycles. The lowest BCUT2D eigenvalue weighted by atomic mass is 9.84. The van der Waals surface area contributed by atoms with E-state index in [1.165, 1.54) is 6.33 Å². The molecule has 1 amide bonds. The second-order valence-corrected chi connectivity index (χ2v) is 13.5. The Morgan fingerprint density at radius 2 is 1.67 bits per heavy atom. The highest BCUT2D eigenvalue weighted by Crippen LogP contribution is 2.40. The fourth-order valence-electron chi connectivity index (χ4n) is 6.71. The molecule has 0 bridgehead atoms. The van der Waals surface area contributed by atoms with Crippen LogP contribution in [0.4, 0.5) is 16.2 Å². The van der Waals surface area contributed by atoms with Crippen LogP contribution < -0.4 is 4.90 Å². The van der Waals surface area contributed by atoms with E-state index in [9.17, 15) is 9.59 Å². The molecule has 0 radical (unpaired) electrons. The van der Waals surface area contributed by atoms with Gasteiger partial charge < -0.3 is 19.0 Å². The summed E-state index contributed by atoms with van der Waals surface area (Å²) >= 11 is 0. The fraction of sp³-hybridized carbons (Fsp3) is 0.275. The lowest BCUT2D eigenvalue weighted by molar-refractivity contribution is 0.0240. The van der Waals surface area contributed by atoms with Crippen LogP contribution in [-0.2, 0) is 17.6 Å². The number of anilines is 1. The molecule has 49 heavy (non-hydrogen) atoms. The zero-order chi connectivity index (χ0) is 34.1. The molecule has 3 aromatic carbocycles. The van der Waals surface area contributed by atoms with Crippen molar-refractivity contribution in [2.24, 2.45) is 0 Å². The van der Waals surface area contributed by atoms with Crippen LogP contribution in [0.25, 0.3) is 27.3 Å². The molecule has 7 rings (SSSR count). The van der Waals surface area contributed by atoms with Crippen LogP contribution in [-0.4, -0.2) is 58.5 Å². The zero-order valence-electron chi connectivity index (χ0n) is 27.8. The summed E-state index contributed by atoms with van der Waals surface area (Å²) in [5.74, 6) is 0.436. The number of benzene rings is 3. The second kappa shape index (κ2) is 13.0. The Balaban J connectivity index is 1.24. The van der Waals surface area contributed by atoms with Crippen molar-refractivity contribution < 1.29 is 18.7 Å². The molecule has 0 saturated carbocycles. The van der Waals surface area contributed by atoms with Crippen molar-refractivity contribution in [1.82, 2.24) is 14.9 Å². The Labute approximate surface area is 286 Å². The molecular weight excluding hydrogens is 614 g/mol. The van der Waals surface area contributed by atoms with Crippen LogP contribution in [0.3, 0.4) is 0 Å². The molecule has 2 aromatic heterocycles. The number of piperazine rings is 1. The number of aromatic nitrogens is 2. The van der Waals surface area contributed by atoms with Crippen LogP contribution in [0.15, 0.2) is 95.9 Å². The van der Waals surface area contributed by atoms with E-state index >= 15 is 0 Å². The number of hydrogen-bond donors (Lipinski definition) is 0. The van der Waals surface area contributed by atoms with Gasteiger partial charge in [0.25, 0.3) is 0 Å². The summed E-state index contributed by atoms with van der Waals surface area (Å²) in [6.45, 7) is 15.4. The monoisotopic (exact) mass is 651 g/mol. The summed E-state index contributed by atoms with van der Waals surface area (Å²) in [6, 6.07) is 23.7. The van der Waals surface area contributed by atoms with Gasteiger partial charge in [0, 0.05) is 67.4 Å². The van der Waals surface area contributed by atoms with Crippen LogP contribution in [0, 0.1) is 6.57 Å². The van der Waals surface area contributed by atoms with Crippen molar-refractivity contribution in [2.75, 3.05) is 31.1 Å². The summed E-state index contributed by atoms with van der Waals surface area (Å²) < 4.78 is 12.0. The average Bonchev–Trinajstić information content (AvgIpc) is 3.50. The Morgan fingerprint density at radius 3 is 2.39 bits per heavy atom. The first-order chi connectivity index (χ1) is 23.7. The number of rotatable bonds is 5. The molecule has 1 atom stereocenters. The minimum absolute atomic E-state index is 0.0596. The summed E-state index contributed by atoms with van der Waals surface area (Å²) in [7, 11) is 0. The van der Waals surface area contributed by atoms with Gasteiger partial charge in [0.2, 0.25) is 5.78 Å². The molecule has 2 aliphatic rings. The average molecular weight is 652 g/mol. The molecule has 0 spiro atoms. The van der Waals surface area contributed by atoms with Gasteiger partial charge in [-0.3, -0.25) is 4.79 Å². The quantitative estimate of drug-likeness (QED) is 0.177. The van der Waals surface area contributed by atoms with Crippen LogP contribution in [0.5, 0.6) is 0 Å². The Bertz CT molecular complexity index is 2050. The van der Waals surface area contributed by atoms with E-state index in [0.29, 0.717) is 56.2 Å². The van der Waals surface area contributed by atoms with Crippen LogP contribution in [0.1, 0.15) is 59.5 Å². The number of Topliss-reactive ketones (excluding diaryl/α,β-unsaturated/α-hetero) is 1. The molecule has 5 aromatic rings. The van der Waals surface area contributed by atoms with Crippen molar-refractivity contribution in [3.8, 4) is 22.5 Å². The second-order valence-electron chi connectivity index (χ2n) is 13.5. The summed E-state index contributed by atoms with van der Waals surface area (Å²) in [5.41, 5.74) is 7.67.